The lowest BCUT2D eigenvalue weighted by molar-refractivity contribution is -0.169. The van der Waals surface area contributed by atoms with Crippen molar-refractivity contribution in [3.63, 3.8) is 0 Å². The average molecular weight is 639 g/mol. The Morgan fingerprint density at radius 2 is 1.64 bits per heavy atom. The first kappa shape index (κ1) is 27.9. The Hall–Kier alpha value is -4.59. The van der Waals surface area contributed by atoms with Crippen LogP contribution in [0.25, 0.3) is 11.5 Å². The number of fused-ring (bicyclic) bond motifs is 3. The van der Waals surface area contributed by atoms with Crippen molar-refractivity contribution >= 4 is 46.4 Å². The Bertz CT molecular complexity index is 1980. The van der Waals surface area contributed by atoms with Crippen molar-refractivity contribution in [2.45, 2.75) is 55.5 Å². The molecule has 6 N–H and O–H groups in total. The van der Waals surface area contributed by atoms with Crippen molar-refractivity contribution < 1.29 is 64.0 Å². The molecule has 1 saturated heterocycles. The summed E-state index contributed by atoms with van der Waals surface area (Å²) in [5.41, 5.74) is -8.71. The first-order chi connectivity index (χ1) is 21.2. The third-order valence-electron chi connectivity index (χ3n) is 10.3. The number of carbonyl (C=O) groups is 4. The van der Waals surface area contributed by atoms with Gasteiger partial charge < -0.3 is 44.8 Å². The maximum absolute atomic E-state index is 14.6. The molecule has 0 radical (unpaired) electrons. The molecule has 232 valence electrons. The molecule has 1 spiro atoms. The molecule has 5 aliphatic carbocycles. The fraction of sp³-hybridized carbons (Fsp3) is 0.355. The van der Waals surface area contributed by atoms with Crippen LogP contribution in [-0.4, -0.2) is 84.5 Å². The third kappa shape index (κ3) is 2.80. The van der Waals surface area contributed by atoms with Crippen LogP contribution in [0.1, 0.15) is 58.3 Å². The topological polar surface area (TPSA) is 221 Å². The number of aromatic hydroxyl groups is 3. The number of rotatable bonds is 1. The van der Waals surface area contributed by atoms with Crippen molar-refractivity contribution in [1.29, 1.82) is 0 Å². The number of ether oxygens (including phenoxy) is 3. The maximum Gasteiger partial charge on any atom is 0.358 e. The normalized spacial score (nSPS) is 33.7. The summed E-state index contributed by atoms with van der Waals surface area (Å²) in [6.45, 7) is 1.53. The number of phenolic OH excluding ortho intramolecular Hbond substituents is 3. The summed E-state index contributed by atoms with van der Waals surface area (Å²) in [4.78, 5) is 55.5. The van der Waals surface area contributed by atoms with Crippen LogP contribution in [0, 0.1) is 5.41 Å². The zero-order valence-electron chi connectivity index (χ0n) is 23.4. The Labute approximate surface area is 257 Å². The standard InChI is InChI=1S/C31H23ClO13/c1-29-18-13-8(7-30(27(29)45-29)19(24(18)40)21(37)14-9(33)3-4-10(34)15(14)26(30)41)20(32)23(39)16-22(38)17-11(35)5-6-12(36)31(17,28(42)43-2)44-25(13)16/h3-4,12,18,27,33-34,36-39H,5-7H2,1-2H3/t12-,18?,27?,29?,30+,31+/m0/s1. The highest BCUT2D eigenvalue weighted by atomic mass is 35.5. The number of phenols is 3. The molecule has 7 aliphatic rings. The van der Waals surface area contributed by atoms with Gasteiger partial charge in [0.2, 0.25) is 0 Å². The molecule has 2 aromatic rings. The fourth-order valence-electron chi connectivity index (χ4n) is 8.37. The fourth-order valence-corrected chi connectivity index (χ4v) is 8.63. The minimum atomic E-state index is -2.59. The molecule has 14 heteroatoms. The molecule has 0 amide bonds. The number of Topliss-reactive ketones (excluding diaryl/α,β-unsaturated/α-hetero) is 3. The van der Waals surface area contributed by atoms with Crippen molar-refractivity contribution in [3.05, 3.63) is 56.1 Å². The Balaban J connectivity index is 1.49. The van der Waals surface area contributed by atoms with Gasteiger partial charge in [-0.1, -0.05) is 11.6 Å². The Kier molecular flexibility index (Phi) is 5.06. The number of aliphatic hydroxyl groups is 3. The van der Waals surface area contributed by atoms with Gasteiger partial charge in [0.05, 0.1) is 45.7 Å². The van der Waals surface area contributed by atoms with E-state index in [0.29, 0.717) is 0 Å². The molecule has 2 aliphatic heterocycles. The van der Waals surface area contributed by atoms with Crippen molar-refractivity contribution in [2.24, 2.45) is 5.41 Å². The summed E-state index contributed by atoms with van der Waals surface area (Å²) in [7, 11) is 0.984. The van der Waals surface area contributed by atoms with Crippen molar-refractivity contribution in [1.82, 2.24) is 0 Å². The lowest BCUT2D eigenvalue weighted by Crippen LogP contribution is -2.61. The number of hydrogen-bond acceptors (Lipinski definition) is 13. The van der Waals surface area contributed by atoms with Gasteiger partial charge in [-0.15, -0.1) is 0 Å². The maximum atomic E-state index is 14.6. The van der Waals surface area contributed by atoms with E-state index in [2.05, 4.69) is 0 Å². The summed E-state index contributed by atoms with van der Waals surface area (Å²) in [6.07, 6.45) is -3.82. The summed E-state index contributed by atoms with van der Waals surface area (Å²) in [5.74, 6) is -9.26. The van der Waals surface area contributed by atoms with E-state index in [9.17, 15) is 49.8 Å². The second-order valence-corrected chi connectivity index (χ2v) is 12.7. The number of epoxide rings is 1. The van der Waals surface area contributed by atoms with Crippen LogP contribution in [0.3, 0.4) is 0 Å². The Morgan fingerprint density at radius 1 is 1.00 bits per heavy atom. The van der Waals surface area contributed by atoms with E-state index in [0.717, 1.165) is 19.2 Å². The van der Waals surface area contributed by atoms with Crippen LogP contribution in [0.4, 0.5) is 0 Å². The number of methoxy groups -OCH3 is 1. The Morgan fingerprint density at radius 3 is 2.31 bits per heavy atom. The number of carbonyl (C=O) groups excluding carboxylic acids is 4. The molecule has 13 nitrogen and oxygen atoms in total. The van der Waals surface area contributed by atoms with E-state index in [4.69, 9.17) is 25.8 Å². The molecule has 45 heavy (non-hydrogen) atoms. The van der Waals surface area contributed by atoms with Gasteiger partial charge in [-0.25, -0.2) is 4.79 Å². The van der Waals surface area contributed by atoms with E-state index < -0.39 is 132 Å². The van der Waals surface area contributed by atoms with Crippen LogP contribution in [0.15, 0.2) is 23.3 Å². The van der Waals surface area contributed by atoms with Gasteiger partial charge in [-0.05, 0) is 37.5 Å². The lowest BCUT2D eigenvalue weighted by Gasteiger charge is -2.44. The molecule has 2 bridgehead atoms. The minimum Gasteiger partial charge on any atom is -0.507 e. The molecular weight excluding hydrogens is 616 g/mol. The van der Waals surface area contributed by atoms with Crippen LogP contribution < -0.4 is 4.74 Å². The molecular formula is C31H23ClO13. The van der Waals surface area contributed by atoms with Gasteiger partial charge in [0.25, 0.3) is 5.60 Å². The van der Waals surface area contributed by atoms with Gasteiger partial charge in [0.1, 0.15) is 57.9 Å². The minimum absolute atomic E-state index is 0.0320. The summed E-state index contributed by atoms with van der Waals surface area (Å²) in [6, 6.07) is 2.11. The van der Waals surface area contributed by atoms with Crippen LogP contribution in [0.2, 0.25) is 5.02 Å². The second-order valence-electron chi connectivity index (χ2n) is 12.3. The van der Waals surface area contributed by atoms with Gasteiger partial charge in [0, 0.05) is 12.0 Å². The van der Waals surface area contributed by atoms with Gasteiger partial charge in [0.15, 0.2) is 17.3 Å². The van der Waals surface area contributed by atoms with Gasteiger partial charge in [-0.2, -0.15) is 0 Å². The molecule has 3 unspecified atom stereocenters. The summed E-state index contributed by atoms with van der Waals surface area (Å²) in [5, 5.41) is 66.5. The highest BCUT2D eigenvalue weighted by Crippen LogP contribution is 2.72. The van der Waals surface area contributed by atoms with E-state index >= 15 is 0 Å². The zero-order chi connectivity index (χ0) is 32.3. The summed E-state index contributed by atoms with van der Waals surface area (Å²) < 4.78 is 17.2. The zero-order valence-corrected chi connectivity index (χ0v) is 24.2. The highest BCUT2D eigenvalue weighted by molar-refractivity contribution is 6.34. The third-order valence-corrected chi connectivity index (χ3v) is 10.7. The smallest absolute Gasteiger partial charge is 0.358 e. The molecule has 3 fully saturated rings. The number of ketones is 3. The number of halogens is 1. The largest absolute Gasteiger partial charge is 0.507 e. The van der Waals surface area contributed by atoms with Crippen molar-refractivity contribution in [2.75, 3.05) is 7.11 Å². The van der Waals surface area contributed by atoms with Gasteiger partial charge >= 0.3 is 5.97 Å². The van der Waals surface area contributed by atoms with E-state index in [-0.39, 0.29) is 24.0 Å². The molecule has 2 heterocycles. The SMILES string of the molecule is COC(=O)[C@]12Oc3c(c(O)c(Cl)c4c3C3C(=O)C5=C(O)c6c(O)ccc(O)c6C(=O)[C@]5(C4)C4OC34C)C(O)=C1C(=O)CC[C@@H]2O. The second kappa shape index (κ2) is 8.16. The quantitative estimate of drug-likeness (QED) is 0.150. The molecule has 6 atom stereocenters. The van der Waals surface area contributed by atoms with E-state index in [1.165, 1.54) is 6.92 Å². The molecule has 9 rings (SSSR count). The molecule has 2 saturated carbocycles. The highest BCUT2D eigenvalue weighted by Gasteiger charge is 2.80. The van der Waals surface area contributed by atoms with E-state index in [1.54, 1.807) is 0 Å². The number of aliphatic hydroxyl groups excluding tert-OH is 3. The molecule has 0 aromatic heterocycles. The molecule has 2 aromatic carbocycles. The van der Waals surface area contributed by atoms with Crippen molar-refractivity contribution in [3.8, 4) is 23.0 Å². The van der Waals surface area contributed by atoms with E-state index in [1.807, 2.05) is 0 Å². The van der Waals surface area contributed by atoms with Crippen LogP contribution in [0.5, 0.6) is 23.0 Å². The van der Waals surface area contributed by atoms with Crippen LogP contribution >= 0.6 is 11.6 Å². The first-order valence-corrected chi connectivity index (χ1v) is 14.3. The summed E-state index contributed by atoms with van der Waals surface area (Å²) >= 11 is 6.74. The predicted molar refractivity (Wildman–Crippen MR) is 149 cm³/mol. The number of benzene rings is 2. The number of hydrogen-bond donors (Lipinski definition) is 6. The predicted octanol–water partition coefficient (Wildman–Crippen LogP) is 2.29. The first-order valence-electron chi connectivity index (χ1n) is 14.0. The lowest BCUT2D eigenvalue weighted by atomic mass is 9.56. The van der Waals surface area contributed by atoms with Gasteiger partial charge in [-0.3, -0.25) is 14.4 Å². The average Bonchev–Trinajstić information content (AvgIpc) is 3.73. The monoisotopic (exact) mass is 638 g/mol. The van der Waals surface area contributed by atoms with Crippen LogP contribution in [-0.2, 0) is 30.3 Å². The number of esters is 1.